The molecule has 1 N–H and O–H groups in total. The number of unbranched alkanes of at least 4 members (excludes halogenated alkanes) is 1. The van der Waals surface area contributed by atoms with E-state index in [0.717, 1.165) is 37.9 Å². The van der Waals surface area contributed by atoms with Gasteiger partial charge >= 0.3 is 5.97 Å². The topological polar surface area (TPSA) is 55.8 Å². The van der Waals surface area contributed by atoms with Gasteiger partial charge in [-0.05, 0) is 67.2 Å². The van der Waals surface area contributed by atoms with E-state index in [1.807, 2.05) is 43.3 Å². The molecule has 2 aliphatic rings. The second-order valence-corrected chi connectivity index (χ2v) is 11.8. The minimum atomic E-state index is -0.920. The fraction of sp³-hybridized carbons (Fsp3) is 0.378. The molecule has 1 aliphatic carbocycles. The number of ether oxygens (including phenoxy) is 2. The van der Waals surface area contributed by atoms with Gasteiger partial charge in [0.05, 0.1) is 25.4 Å². The van der Waals surface area contributed by atoms with Gasteiger partial charge in [0, 0.05) is 17.8 Å². The van der Waals surface area contributed by atoms with Crippen molar-refractivity contribution < 1.29 is 19.4 Å². The molecule has 1 aliphatic heterocycles. The number of carbonyl (C=O) groups is 1. The lowest BCUT2D eigenvalue weighted by atomic mass is 9.69. The summed E-state index contributed by atoms with van der Waals surface area (Å²) in [5.41, 5.74) is 3.75. The van der Waals surface area contributed by atoms with E-state index in [0.29, 0.717) is 18.8 Å². The Hall–Kier alpha value is -3.47. The van der Waals surface area contributed by atoms with E-state index < -0.39 is 5.60 Å². The fourth-order valence-electron chi connectivity index (χ4n) is 6.74. The molecule has 4 nitrogen and oxygen atoms in total. The molecule has 1 unspecified atom stereocenters. The standard InChI is InChI=1S/C37H42O4/c1-36(39,30-16-9-6-10-17-30)25-13-18-32-33(19-11-3-4-12-20-35(38)40-2)37(26-34(32)41-27-37)31-23-21-29(22-24-31)28-14-7-5-8-15-28/h3,5-11,13-18,21-24,32-34,39H,4,12,19-20,25-27H2,1-2H3/b11-3-,18-13+/t32-,33-,34-,36?,37-/m0/s1. The maximum Gasteiger partial charge on any atom is 0.305 e. The number of fused-ring (bicyclic) bond motifs is 2. The molecule has 2 fully saturated rings. The summed E-state index contributed by atoms with van der Waals surface area (Å²) in [5, 5.41) is 11.2. The zero-order valence-corrected chi connectivity index (χ0v) is 24.2. The van der Waals surface area contributed by atoms with Crippen molar-refractivity contribution in [1.82, 2.24) is 0 Å². The van der Waals surface area contributed by atoms with Gasteiger partial charge in [0.1, 0.15) is 0 Å². The predicted octanol–water partition coefficient (Wildman–Crippen LogP) is 7.77. The smallest absolute Gasteiger partial charge is 0.305 e. The molecule has 41 heavy (non-hydrogen) atoms. The molecule has 5 atom stereocenters. The molecular formula is C37H42O4. The molecule has 4 heteroatoms. The Kier molecular flexibility index (Phi) is 9.22. The summed E-state index contributed by atoms with van der Waals surface area (Å²) in [6.45, 7) is 2.61. The van der Waals surface area contributed by atoms with Crippen LogP contribution in [0.25, 0.3) is 11.1 Å². The van der Waals surface area contributed by atoms with Crippen molar-refractivity contribution in [2.24, 2.45) is 11.8 Å². The van der Waals surface area contributed by atoms with Crippen molar-refractivity contribution >= 4 is 5.97 Å². The highest BCUT2D eigenvalue weighted by molar-refractivity contribution is 5.69. The third-order valence-electron chi connectivity index (χ3n) is 9.10. The summed E-state index contributed by atoms with van der Waals surface area (Å²) in [4.78, 5) is 11.5. The molecule has 5 rings (SSSR count). The van der Waals surface area contributed by atoms with Gasteiger partial charge in [-0.3, -0.25) is 4.79 Å². The van der Waals surface area contributed by atoms with Crippen LogP contribution in [-0.4, -0.2) is 30.9 Å². The Morgan fingerprint density at radius 1 is 0.976 bits per heavy atom. The monoisotopic (exact) mass is 550 g/mol. The van der Waals surface area contributed by atoms with Crippen LogP contribution in [0.3, 0.4) is 0 Å². The summed E-state index contributed by atoms with van der Waals surface area (Å²) in [5.74, 6) is 0.501. The molecule has 2 bridgehead atoms. The van der Waals surface area contributed by atoms with Gasteiger partial charge in [0.2, 0.25) is 0 Å². The van der Waals surface area contributed by atoms with Crippen LogP contribution >= 0.6 is 0 Å². The van der Waals surface area contributed by atoms with E-state index >= 15 is 0 Å². The van der Waals surface area contributed by atoms with Crippen LogP contribution in [0.15, 0.2) is 109 Å². The maximum absolute atomic E-state index is 11.5. The zero-order valence-electron chi connectivity index (χ0n) is 24.2. The number of rotatable bonds is 12. The molecule has 1 saturated heterocycles. The maximum atomic E-state index is 11.5. The van der Waals surface area contributed by atoms with Gasteiger partial charge in [-0.15, -0.1) is 0 Å². The van der Waals surface area contributed by atoms with E-state index in [1.54, 1.807) is 0 Å². The summed E-state index contributed by atoms with van der Waals surface area (Å²) < 4.78 is 11.2. The predicted molar refractivity (Wildman–Crippen MR) is 164 cm³/mol. The minimum Gasteiger partial charge on any atom is -0.469 e. The molecule has 0 spiro atoms. The van der Waals surface area contributed by atoms with Gasteiger partial charge in [-0.25, -0.2) is 0 Å². The van der Waals surface area contributed by atoms with Gasteiger partial charge < -0.3 is 14.6 Å². The third-order valence-corrected chi connectivity index (χ3v) is 9.10. The summed E-state index contributed by atoms with van der Waals surface area (Å²) in [7, 11) is 1.44. The van der Waals surface area contributed by atoms with E-state index in [-0.39, 0.29) is 23.4 Å². The molecule has 3 aromatic carbocycles. The number of hydrogen-bond donors (Lipinski definition) is 1. The number of aliphatic hydroxyl groups is 1. The second kappa shape index (κ2) is 13.0. The minimum absolute atomic E-state index is 0.0484. The number of carbonyl (C=O) groups excluding carboxylic acids is 1. The first-order valence-electron chi connectivity index (χ1n) is 14.9. The number of esters is 1. The Morgan fingerprint density at radius 2 is 1.66 bits per heavy atom. The summed E-state index contributed by atoms with van der Waals surface area (Å²) in [6.07, 6.45) is 13.7. The quantitative estimate of drug-likeness (QED) is 0.142. The average molecular weight is 551 g/mol. The Balaban J connectivity index is 1.35. The molecular weight excluding hydrogens is 508 g/mol. The number of methoxy groups -OCH3 is 1. The van der Waals surface area contributed by atoms with Crippen LogP contribution in [0.5, 0.6) is 0 Å². The number of hydrogen-bond acceptors (Lipinski definition) is 4. The second-order valence-electron chi connectivity index (χ2n) is 11.8. The van der Waals surface area contributed by atoms with Gasteiger partial charge in [-0.1, -0.05) is 109 Å². The van der Waals surface area contributed by atoms with Crippen LogP contribution in [-0.2, 0) is 25.3 Å². The van der Waals surface area contributed by atoms with Crippen molar-refractivity contribution in [2.45, 2.75) is 62.6 Å². The first kappa shape index (κ1) is 29.0. The highest BCUT2D eigenvalue weighted by atomic mass is 16.5. The normalized spacial score (nSPS) is 25.1. The van der Waals surface area contributed by atoms with Crippen LogP contribution in [0.2, 0.25) is 0 Å². The van der Waals surface area contributed by atoms with Crippen molar-refractivity contribution in [3.63, 3.8) is 0 Å². The lowest BCUT2D eigenvalue weighted by molar-refractivity contribution is -0.140. The van der Waals surface area contributed by atoms with Gasteiger partial charge in [-0.2, -0.15) is 0 Å². The average Bonchev–Trinajstić information content (AvgIpc) is 3.58. The number of benzene rings is 3. The van der Waals surface area contributed by atoms with Crippen LogP contribution < -0.4 is 0 Å². The fourth-order valence-corrected chi connectivity index (χ4v) is 6.74. The first-order valence-corrected chi connectivity index (χ1v) is 14.9. The SMILES string of the molecule is COC(=O)CCC/C=C\C[C@H]1[C@H](/C=C/CC(C)(O)c2ccccc2)[C@@H]2C[C@@]1(c1ccc(-c3ccccc3)cc1)CO2. The lowest BCUT2D eigenvalue weighted by Gasteiger charge is -2.38. The van der Waals surface area contributed by atoms with Crippen LogP contribution in [0, 0.1) is 11.8 Å². The zero-order chi connectivity index (χ0) is 28.7. The molecule has 1 saturated carbocycles. The molecule has 0 aromatic heterocycles. The van der Waals surface area contributed by atoms with Gasteiger partial charge in [0.25, 0.3) is 0 Å². The molecule has 0 radical (unpaired) electrons. The molecule has 0 amide bonds. The Morgan fingerprint density at radius 3 is 2.37 bits per heavy atom. The van der Waals surface area contributed by atoms with Crippen LogP contribution in [0.4, 0.5) is 0 Å². The van der Waals surface area contributed by atoms with E-state index in [9.17, 15) is 9.90 Å². The Labute approximate surface area is 244 Å². The molecule has 3 aromatic rings. The van der Waals surface area contributed by atoms with Crippen molar-refractivity contribution in [1.29, 1.82) is 0 Å². The van der Waals surface area contributed by atoms with Crippen molar-refractivity contribution in [3.05, 3.63) is 120 Å². The van der Waals surface area contributed by atoms with Gasteiger partial charge in [0.15, 0.2) is 0 Å². The summed E-state index contributed by atoms with van der Waals surface area (Å²) in [6, 6.07) is 29.5. The van der Waals surface area contributed by atoms with E-state index in [2.05, 4.69) is 72.8 Å². The van der Waals surface area contributed by atoms with Crippen molar-refractivity contribution in [2.75, 3.05) is 13.7 Å². The first-order chi connectivity index (χ1) is 19.9. The Bertz CT molecular complexity index is 1330. The van der Waals surface area contributed by atoms with Crippen molar-refractivity contribution in [3.8, 4) is 11.1 Å². The highest BCUT2D eigenvalue weighted by Gasteiger charge is 2.58. The molecule has 214 valence electrons. The third kappa shape index (κ3) is 6.55. The lowest BCUT2D eigenvalue weighted by Crippen LogP contribution is -2.39. The number of allylic oxidation sites excluding steroid dienone is 2. The van der Waals surface area contributed by atoms with E-state index in [4.69, 9.17) is 9.47 Å². The highest BCUT2D eigenvalue weighted by Crippen LogP contribution is 2.57. The summed E-state index contributed by atoms with van der Waals surface area (Å²) >= 11 is 0. The van der Waals surface area contributed by atoms with Crippen LogP contribution in [0.1, 0.15) is 56.6 Å². The largest absolute Gasteiger partial charge is 0.469 e. The van der Waals surface area contributed by atoms with E-state index in [1.165, 1.54) is 23.8 Å². The molecule has 1 heterocycles.